The fourth-order valence-electron chi connectivity index (χ4n) is 4.07. The zero-order valence-corrected chi connectivity index (χ0v) is 25.5. The fourth-order valence-corrected chi connectivity index (χ4v) is 6.14. The van der Waals surface area contributed by atoms with E-state index >= 15 is 0 Å². The molecule has 214 valence electrons. The molecule has 0 radical (unpaired) electrons. The number of amidine groups is 1. The molecule has 0 unspecified atom stereocenters. The minimum atomic E-state index is -4.13. The summed E-state index contributed by atoms with van der Waals surface area (Å²) in [6, 6.07) is 26.0. The van der Waals surface area contributed by atoms with Crippen molar-refractivity contribution in [2.45, 2.75) is 25.7 Å². The number of ether oxygens (including phenoxy) is 1. The summed E-state index contributed by atoms with van der Waals surface area (Å²) >= 11 is 7.15. The van der Waals surface area contributed by atoms with Crippen LogP contribution in [0, 0.1) is 13.8 Å². The highest BCUT2D eigenvalue weighted by Crippen LogP contribution is 2.39. The summed E-state index contributed by atoms with van der Waals surface area (Å²) in [7, 11) is -4.13. The molecule has 1 aliphatic rings. The quantitative estimate of drug-likeness (QED) is 0.147. The Hall–Kier alpha value is -4.05. The Bertz CT molecular complexity index is 1780. The van der Waals surface area contributed by atoms with Crippen LogP contribution < -0.4 is 13.8 Å². The van der Waals surface area contributed by atoms with E-state index in [4.69, 9.17) is 25.5 Å². The van der Waals surface area contributed by atoms with Crippen molar-refractivity contribution in [1.82, 2.24) is 0 Å². The van der Waals surface area contributed by atoms with Crippen LogP contribution in [-0.4, -0.2) is 26.1 Å². The van der Waals surface area contributed by atoms with E-state index in [2.05, 4.69) is 0 Å². The molecule has 1 fully saturated rings. The van der Waals surface area contributed by atoms with Gasteiger partial charge in [-0.2, -0.15) is 8.42 Å². The largest absolute Gasteiger partial charge is 0.490 e. The van der Waals surface area contributed by atoms with Gasteiger partial charge in [0.15, 0.2) is 16.7 Å². The number of aryl methyl sites for hydroxylation is 2. The Morgan fingerprint density at radius 2 is 1.52 bits per heavy atom. The van der Waals surface area contributed by atoms with Crippen LogP contribution in [0.15, 0.2) is 106 Å². The van der Waals surface area contributed by atoms with Crippen LogP contribution in [0.3, 0.4) is 0 Å². The molecular weight excluding hydrogens is 592 g/mol. The molecule has 0 aromatic heterocycles. The molecule has 1 heterocycles. The first-order valence-electron chi connectivity index (χ1n) is 13.1. The summed E-state index contributed by atoms with van der Waals surface area (Å²) in [6.45, 7) is 6.05. The van der Waals surface area contributed by atoms with Crippen molar-refractivity contribution in [1.29, 1.82) is 0 Å². The van der Waals surface area contributed by atoms with Crippen LogP contribution >= 0.6 is 23.4 Å². The van der Waals surface area contributed by atoms with E-state index in [1.54, 1.807) is 30.0 Å². The molecule has 10 heteroatoms. The van der Waals surface area contributed by atoms with E-state index in [1.807, 2.05) is 62.4 Å². The van der Waals surface area contributed by atoms with Crippen LogP contribution in [0.25, 0.3) is 6.08 Å². The molecule has 1 aliphatic heterocycles. The first-order valence-corrected chi connectivity index (χ1v) is 15.7. The van der Waals surface area contributed by atoms with Crippen LogP contribution in [0.5, 0.6) is 11.5 Å². The topological polar surface area (TPSA) is 85.3 Å². The van der Waals surface area contributed by atoms with E-state index < -0.39 is 10.1 Å². The van der Waals surface area contributed by atoms with Crippen molar-refractivity contribution in [2.24, 2.45) is 4.99 Å². The molecule has 4 aromatic carbocycles. The minimum Gasteiger partial charge on any atom is -0.490 e. The monoisotopic (exact) mass is 618 g/mol. The van der Waals surface area contributed by atoms with Gasteiger partial charge in [0.25, 0.3) is 5.91 Å². The number of benzene rings is 4. The normalized spacial score (nSPS) is 15.4. The number of amides is 1. The SMILES string of the molecule is CCOc1cc(/C=C2\SC(=Nc3ccc(C)cc3)N(c3ccc(C)cc3)C2=O)ccc1OS(=O)(=O)c1ccc(Cl)cc1. The van der Waals surface area contributed by atoms with Gasteiger partial charge in [-0.1, -0.05) is 53.1 Å². The zero-order valence-electron chi connectivity index (χ0n) is 23.1. The van der Waals surface area contributed by atoms with Crippen LogP contribution in [0.4, 0.5) is 11.4 Å². The van der Waals surface area contributed by atoms with Gasteiger partial charge in [-0.05, 0) is 105 Å². The highest BCUT2D eigenvalue weighted by molar-refractivity contribution is 8.19. The van der Waals surface area contributed by atoms with Crippen molar-refractivity contribution >= 4 is 62.0 Å². The van der Waals surface area contributed by atoms with E-state index in [0.29, 0.717) is 26.3 Å². The summed E-state index contributed by atoms with van der Waals surface area (Å²) in [4.78, 5) is 20.5. The Morgan fingerprint density at radius 1 is 0.881 bits per heavy atom. The van der Waals surface area contributed by atoms with E-state index in [-0.39, 0.29) is 28.9 Å². The Kier molecular flexibility index (Phi) is 8.72. The van der Waals surface area contributed by atoms with Gasteiger partial charge >= 0.3 is 10.1 Å². The molecule has 4 aromatic rings. The van der Waals surface area contributed by atoms with Gasteiger partial charge in [0.1, 0.15) is 4.90 Å². The summed E-state index contributed by atoms with van der Waals surface area (Å²) in [5, 5.41) is 0.937. The van der Waals surface area contributed by atoms with Gasteiger partial charge < -0.3 is 8.92 Å². The Balaban J connectivity index is 1.49. The van der Waals surface area contributed by atoms with Crippen LogP contribution in [0.2, 0.25) is 5.02 Å². The van der Waals surface area contributed by atoms with Crippen molar-refractivity contribution in [3.05, 3.63) is 118 Å². The Morgan fingerprint density at radius 3 is 2.17 bits per heavy atom. The summed E-state index contributed by atoms with van der Waals surface area (Å²) in [6.07, 6.45) is 1.73. The summed E-state index contributed by atoms with van der Waals surface area (Å²) < 4.78 is 36.9. The second-order valence-electron chi connectivity index (χ2n) is 9.45. The van der Waals surface area contributed by atoms with Crippen LogP contribution in [-0.2, 0) is 14.9 Å². The molecule has 0 saturated carbocycles. The highest BCUT2D eigenvalue weighted by Gasteiger charge is 2.35. The number of rotatable bonds is 8. The molecule has 42 heavy (non-hydrogen) atoms. The minimum absolute atomic E-state index is 0.0299. The maximum Gasteiger partial charge on any atom is 0.339 e. The lowest BCUT2D eigenvalue weighted by Crippen LogP contribution is -2.28. The van der Waals surface area contributed by atoms with E-state index in [9.17, 15) is 13.2 Å². The molecule has 0 N–H and O–H groups in total. The number of halogens is 1. The van der Waals surface area contributed by atoms with Crippen molar-refractivity contribution < 1.29 is 22.1 Å². The van der Waals surface area contributed by atoms with Gasteiger partial charge in [0.2, 0.25) is 0 Å². The lowest BCUT2D eigenvalue weighted by molar-refractivity contribution is -0.113. The van der Waals surface area contributed by atoms with Crippen LogP contribution in [0.1, 0.15) is 23.6 Å². The average molecular weight is 619 g/mol. The van der Waals surface area contributed by atoms with Gasteiger partial charge in [0, 0.05) is 5.02 Å². The lowest BCUT2D eigenvalue weighted by atomic mass is 10.1. The number of hydrogen-bond donors (Lipinski definition) is 0. The van der Waals surface area contributed by atoms with Gasteiger partial charge in [-0.3, -0.25) is 9.69 Å². The highest BCUT2D eigenvalue weighted by atomic mass is 35.5. The van der Waals surface area contributed by atoms with Crippen molar-refractivity contribution in [2.75, 3.05) is 11.5 Å². The van der Waals surface area contributed by atoms with Crippen molar-refractivity contribution in [3.8, 4) is 11.5 Å². The third-order valence-corrected chi connectivity index (χ3v) is 8.69. The number of hydrogen-bond acceptors (Lipinski definition) is 7. The molecule has 1 amide bonds. The summed E-state index contributed by atoms with van der Waals surface area (Å²) in [5.74, 6) is 0.0318. The molecule has 0 spiro atoms. The fraction of sp³-hybridized carbons (Fsp3) is 0.125. The maximum absolute atomic E-state index is 13.7. The number of carbonyl (C=O) groups excluding carboxylic acids is 1. The first kappa shape index (κ1) is 29.4. The predicted molar refractivity (Wildman–Crippen MR) is 169 cm³/mol. The maximum atomic E-state index is 13.7. The smallest absolute Gasteiger partial charge is 0.339 e. The second kappa shape index (κ2) is 12.4. The van der Waals surface area contributed by atoms with Gasteiger partial charge in [-0.25, -0.2) is 4.99 Å². The third-order valence-electron chi connectivity index (χ3n) is 6.22. The molecule has 7 nitrogen and oxygen atoms in total. The molecule has 5 rings (SSSR count). The predicted octanol–water partition coefficient (Wildman–Crippen LogP) is 7.93. The van der Waals surface area contributed by atoms with Crippen molar-refractivity contribution in [3.63, 3.8) is 0 Å². The summed E-state index contributed by atoms with van der Waals surface area (Å²) in [5.41, 5.74) is 4.26. The molecule has 0 aliphatic carbocycles. The lowest BCUT2D eigenvalue weighted by Gasteiger charge is -2.16. The standard InChI is InChI=1S/C32H27ClN2O5S2/c1-4-39-29-19-23(9-18-28(29)40-42(37,38)27-16-10-24(33)11-17-27)20-30-31(36)35(26-14-7-22(3)8-15-26)32(41-30)34-25-12-5-21(2)6-13-25/h5-20H,4H2,1-3H3/b30-20-,34-32?. The Labute approximate surface area is 254 Å². The number of thioether (sulfide) groups is 1. The molecule has 0 atom stereocenters. The molecule has 1 saturated heterocycles. The molecule has 0 bridgehead atoms. The number of nitrogens with zero attached hydrogens (tertiary/aromatic N) is 2. The second-order valence-corrected chi connectivity index (χ2v) is 12.4. The average Bonchev–Trinajstić information content (AvgIpc) is 3.26. The number of aliphatic imine (C=N–C) groups is 1. The van der Waals surface area contributed by atoms with E-state index in [1.165, 1.54) is 42.1 Å². The van der Waals surface area contributed by atoms with Gasteiger partial charge in [-0.15, -0.1) is 0 Å². The number of anilines is 1. The third kappa shape index (κ3) is 6.70. The van der Waals surface area contributed by atoms with Gasteiger partial charge in [0.05, 0.1) is 22.9 Å². The van der Waals surface area contributed by atoms with E-state index in [0.717, 1.165) is 16.8 Å². The number of carbonyl (C=O) groups is 1. The zero-order chi connectivity index (χ0) is 29.9. The molecular formula is C32H27ClN2O5S2. The first-order chi connectivity index (χ1) is 20.1.